The number of aryl methyl sites for hydroxylation is 1. The van der Waals surface area contributed by atoms with Crippen LogP contribution in [0.15, 0.2) is 66.7 Å². The molecule has 188 valence electrons. The largest absolute Gasteiger partial charge is 0.487 e. The van der Waals surface area contributed by atoms with Crippen LogP contribution in [0.4, 0.5) is 4.39 Å². The summed E-state index contributed by atoms with van der Waals surface area (Å²) in [5, 5.41) is 9.25. The lowest BCUT2D eigenvalue weighted by Crippen LogP contribution is -2.34. The van der Waals surface area contributed by atoms with E-state index in [2.05, 4.69) is 0 Å². The zero-order valence-electron chi connectivity index (χ0n) is 20.2. The zero-order valence-corrected chi connectivity index (χ0v) is 20.9. The average molecular weight is 510 g/mol. The highest BCUT2D eigenvalue weighted by atomic mass is 35.5. The van der Waals surface area contributed by atoms with Crippen molar-refractivity contribution in [3.05, 3.63) is 99.8 Å². The number of hydrogen-bond acceptors (Lipinski definition) is 3. The topological polar surface area (TPSA) is 66.8 Å². The number of rotatable bonds is 10. The Kier molecular flexibility index (Phi) is 7.94. The molecule has 3 aromatic rings. The standard InChI is InChI=1S/C29H29ClFNO4/c1-29(18-21-9-11-24(30)25(31)16-21)19-23-17-22(10-12-26(23)36-29)28(35)32(15-13-27(33)34)14-5-8-20-6-3-2-4-7-20/h2-4,6-7,9-12,16-17H,5,8,13-15,18-19H2,1H3,(H,33,34)/t29-/m0/s1. The SMILES string of the molecule is C[C@]1(Cc2ccc(Cl)c(F)c2)Cc2cc(C(=O)N(CCCc3ccccc3)CCC(=O)O)ccc2O1. The molecular formula is C29H29ClFNO4. The van der Waals surface area contributed by atoms with Gasteiger partial charge in [-0.05, 0) is 66.8 Å². The first-order chi connectivity index (χ1) is 17.2. The number of carboxylic acid groups (broad SMARTS) is 1. The molecule has 1 N–H and O–H groups in total. The number of hydrogen-bond donors (Lipinski definition) is 1. The molecule has 0 radical (unpaired) electrons. The van der Waals surface area contributed by atoms with Crippen molar-refractivity contribution in [3.8, 4) is 5.75 Å². The minimum Gasteiger partial charge on any atom is -0.487 e. The number of ether oxygens (including phenoxy) is 1. The quantitative estimate of drug-likeness (QED) is 0.366. The fourth-order valence-electron chi connectivity index (χ4n) is 4.68. The number of halogens is 2. The molecule has 4 rings (SSSR count). The van der Waals surface area contributed by atoms with Crippen LogP contribution in [0.5, 0.6) is 5.75 Å². The van der Waals surface area contributed by atoms with Crippen molar-refractivity contribution in [3.63, 3.8) is 0 Å². The van der Waals surface area contributed by atoms with Crippen molar-refractivity contribution in [2.45, 2.75) is 44.6 Å². The summed E-state index contributed by atoms with van der Waals surface area (Å²) >= 11 is 5.81. The second kappa shape index (κ2) is 11.1. The summed E-state index contributed by atoms with van der Waals surface area (Å²) in [7, 11) is 0. The molecule has 1 amide bonds. The van der Waals surface area contributed by atoms with Gasteiger partial charge in [-0.3, -0.25) is 9.59 Å². The van der Waals surface area contributed by atoms with Gasteiger partial charge in [-0.25, -0.2) is 4.39 Å². The second-order valence-corrected chi connectivity index (χ2v) is 9.91. The van der Waals surface area contributed by atoms with Gasteiger partial charge in [0, 0.05) is 31.5 Å². The van der Waals surface area contributed by atoms with Crippen LogP contribution in [0.3, 0.4) is 0 Å². The van der Waals surface area contributed by atoms with Crippen molar-refractivity contribution in [1.82, 2.24) is 4.90 Å². The first-order valence-corrected chi connectivity index (χ1v) is 12.4. The molecule has 0 spiro atoms. The summed E-state index contributed by atoms with van der Waals surface area (Å²) < 4.78 is 20.1. The molecule has 1 atom stereocenters. The Morgan fingerprint density at radius 3 is 2.56 bits per heavy atom. The highest BCUT2D eigenvalue weighted by Crippen LogP contribution is 2.38. The smallest absolute Gasteiger partial charge is 0.305 e. The molecule has 0 aromatic heterocycles. The predicted octanol–water partition coefficient (Wildman–Crippen LogP) is 5.97. The lowest BCUT2D eigenvalue weighted by atomic mass is 9.91. The van der Waals surface area contributed by atoms with Crippen molar-refractivity contribution in [2.75, 3.05) is 13.1 Å². The number of carboxylic acids is 1. The van der Waals surface area contributed by atoms with Gasteiger partial charge in [0.25, 0.3) is 5.91 Å². The Labute approximate surface area is 215 Å². The average Bonchev–Trinajstić information content (AvgIpc) is 3.18. The van der Waals surface area contributed by atoms with Gasteiger partial charge in [0.2, 0.25) is 0 Å². The van der Waals surface area contributed by atoms with Gasteiger partial charge in [0.05, 0.1) is 11.4 Å². The molecular weight excluding hydrogens is 481 g/mol. The van der Waals surface area contributed by atoms with Crippen molar-refractivity contribution < 1.29 is 23.8 Å². The van der Waals surface area contributed by atoms with Gasteiger partial charge in [0.15, 0.2) is 0 Å². The van der Waals surface area contributed by atoms with Crippen molar-refractivity contribution in [2.24, 2.45) is 0 Å². The number of carbonyl (C=O) groups is 2. The molecule has 7 heteroatoms. The van der Waals surface area contributed by atoms with Crippen LogP contribution in [0.1, 0.15) is 46.8 Å². The summed E-state index contributed by atoms with van der Waals surface area (Å²) in [4.78, 5) is 26.2. The third kappa shape index (κ3) is 6.43. The number of nitrogens with zero attached hydrogens (tertiary/aromatic N) is 1. The third-order valence-electron chi connectivity index (χ3n) is 6.41. The second-order valence-electron chi connectivity index (χ2n) is 9.50. The molecule has 5 nitrogen and oxygen atoms in total. The van der Waals surface area contributed by atoms with Crippen LogP contribution in [-0.2, 0) is 24.1 Å². The molecule has 1 aliphatic heterocycles. The molecule has 0 fully saturated rings. The van der Waals surface area contributed by atoms with E-state index in [1.165, 1.54) is 17.7 Å². The van der Waals surface area contributed by atoms with E-state index in [4.69, 9.17) is 16.3 Å². The van der Waals surface area contributed by atoms with E-state index in [0.29, 0.717) is 30.7 Å². The molecule has 36 heavy (non-hydrogen) atoms. The zero-order chi connectivity index (χ0) is 25.7. The van der Waals surface area contributed by atoms with Crippen LogP contribution >= 0.6 is 11.6 Å². The van der Waals surface area contributed by atoms with Crippen LogP contribution < -0.4 is 4.74 Å². The summed E-state index contributed by atoms with van der Waals surface area (Å²) in [6.45, 7) is 2.58. The van der Waals surface area contributed by atoms with Gasteiger partial charge < -0.3 is 14.7 Å². The first kappa shape index (κ1) is 25.7. The first-order valence-electron chi connectivity index (χ1n) is 12.0. The van der Waals surface area contributed by atoms with Crippen molar-refractivity contribution in [1.29, 1.82) is 0 Å². The van der Waals surface area contributed by atoms with Crippen LogP contribution in [0, 0.1) is 5.82 Å². The maximum absolute atomic E-state index is 13.9. The number of aliphatic carboxylic acids is 1. The summed E-state index contributed by atoms with van der Waals surface area (Å²) in [6, 6.07) is 20.1. The Morgan fingerprint density at radius 2 is 1.83 bits per heavy atom. The van der Waals surface area contributed by atoms with Crippen LogP contribution in [0.2, 0.25) is 5.02 Å². The predicted molar refractivity (Wildman–Crippen MR) is 137 cm³/mol. The van der Waals surface area contributed by atoms with Gasteiger partial charge >= 0.3 is 5.97 Å². The molecule has 3 aromatic carbocycles. The summed E-state index contributed by atoms with van der Waals surface area (Å²) in [5.41, 5.74) is 2.78. The van der Waals surface area contributed by atoms with Gasteiger partial charge in [-0.15, -0.1) is 0 Å². The number of benzene rings is 3. The lowest BCUT2D eigenvalue weighted by molar-refractivity contribution is -0.137. The third-order valence-corrected chi connectivity index (χ3v) is 6.72. The van der Waals surface area contributed by atoms with E-state index >= 15 is 0 Å². The number of amides is 1. The van der Waals surface area contributed by atoms with Gasteiger partial charge in [-0.2, -0.15) is 0 Å². The van der Waals surface area contributed by atoms with E-state index in [1.54, 1.807) is 23.1 Å². The maximum atomic E-state index is 13.9. The molecule has 0 aliphatic carbocycles. The maximum Gasteiger partial charge on any atom is 0.305 e. The van der Waals surface area contributed by atoms with E-state index in [1.807, 2.05) is 43.3 Å². The van der Waals surface area contributed by atoms with E-state index in [-0.39, 0.29) is 23.9 Å². The summed E-state index contributed by atoms with van der Waals surface area (Å²) in [6.07, 6.45) is 2.49. The minimum atomic E-state index is -0.937. The Balaban J connectivity index is 1.45. The molecule has 0 unspecified atom stereocenters. The normalized spacial score (nSPS) is 16.3. The van der Waals surface area contributed by atoms with Crippen LogP contribution in [0.25, 0.3) is 0 Å². The highest BCUT2D eigenvalue weighted by Gasteiger charge is 2.35. The van der Waals surface area contributed by atoms with Gasteiger partial charge in [-0.1, -0.05) is 48.0 Å². The van der Waals surface area contributed by atoms with E-state index in [0.717, 1.165) is 24.0 Å². The Morgan fingerprint density at radius 1 is 1.06 bits per heavy atom. The Bertz CT molecular complexity index is 1250. The molecule has 1 heterocycles. The highest BCUT2D eigenvalue weighted by molar-refractivity contribution is 6.30. The lowest BCUT2D eigenvalue weighted by Gasteiger charge is -2.24. The number of carbonyl (C=O) groups excluding carboxylic acids is 1. The van der Waals surface area contributed by atoms with E-state index in [9.17, 15) is 19.1 Å². The molecule has 0 saturated carbocycles. The molecule has 1 aliphatic rings. The van der Waals surface area contributed by atoms with E-state index < -0.39 is 17.4 Å². The fourth-order valence-corrected chi connectivity index (χ4v) is 4.80. The Hall–Kier alpha value is -3.38. The minimum absolute atomic E-state index is 0.0823. The molecule has 0 bridgehead atoms. The van der Waals surface area contributed by atoms with Crippen molar-refractivity contribution >= 4 is 23.5 Å². The van der Waals surface area contributed by atoms with Gasteiger partial charge in [0.1, 0.15) is 17.2 Å². The summed E-state index contributed by atoms with van der Waals surface area (Å²) in [5.74, 6) is -0.896. The molecule has 0 saturated heterocycles. The van der Waals surface area contributed by atoms with Crippen LogP contribution in [-0.4, -0.2) is 40.6 Å². The fraction of sp³-hybridized carbons (Fsp3) is 0.310. The number of fused-ring (bicyclic) bond motifs is 1. The monoisotopic (exact) mass is 509 g/mol.